The molecule has 1 amide bonds. The normalized spacial score (nSPS) is 12.0. The molecule has 0 spiro atoms. The number of hydrogen-bond donors (Lipinski definition) is 3. The van der Waals surface area contributed by atoms with Crippen molar-refractivity contribution < 1.29 is 24.2 Å². The summed E-state index contributed by atoms with van der Waals surface area (Å²) in [4.78, 5) is 22.5. The van der Waals surface area contributed by atoms with Crippen LogP contribution < -0.4 is 5.32 Å². The molecule has 8 heteroatoms. The van der Waals surface area contributed by atoms with Crippen LogP contribution in [-0.4, -0.2) is 28.6 Å². The number of amides is 1. The van der Waals surface area contributed by atoms with Crippen molar-refractivity contribution >= 4 is 35.1 Å². The number of furan rings is 1. The van der Waals surface area contributed by atoms with Gasteiger partial charge in [-0.15, -0.1) is 0 Å². The molecule has 0 radical (unpaired) electrons. The highest BCUT2D eigenvalue weighted by Crippen LogP contribution is 2.23. The Hall–Kier alpha value is -2.02. The molecule has 2 rings (SSSR count). The van der Waals surface area contributed by atoms with Gasteiger partial charge in [-0.2, -0.15) is 0 Å². The Morgan fingerprint density at radius 1 is 1.18 bits per heavy atom. The van der Waals surface area contributed by atoms with Gasteiger partial charge in [0.25, 0.3) is 5.91 Å². The molecule has 0 aliphatic carbocycles. The second kappa shape index (κ2) is 6.83. The lowest BCUT2D eigenvalue weighted by atomic mass is 10.1. The smallest absolute Gasteiger partial charge is 0.338 e. The second-order valence-electron chi connectivity index (χ2n) is 4.43. The van der Waals surface area contributed by atoms with E-state index >= 15 is 0 Å². The lowest BCUT2D eigenvalue weighted by molar-refractivity contribution is 0.0696. The number of benzene rings is 1. The predicted molar refractivity (Wildman–Crippen MR) is 79.4 cm³/mol. The molecule has 1 aromatic heterocycles. The van der Waals surface area contributed by atoms with E-state index in [1.807, 2.05) is 0 Å². The number of carbonyl (C=O) groups excluding carboxylic acids is 1. The van der Waals surface area contributed by atoms with Gasteiger partial charge in [0.2, 0.25) is 0 Å². The van der Waals surface area contributed by atoms with Gasteiger partial charge in [0.15, 0.2) is 5.76 Å². The fourth-order valence-electron chi connectivity index (χ4n) is 1.73. The largest absolute Gasteiger partial charge is 0.478 e. The number of carbonyl (C=O) groups is 2. The molecule has 0 aliphatic heterocycles. The van der Waals surface area contributed by atoms with Crippen LogP contribution in [0.4, 0.5) is 0 Å². The van der Waals surface area contributed by atoms with E-state index in [-0.39, 0.29) is 17.9 Å². The van der Waals surface area contributed by atoms with Gasteiger partial charge in [-0.05, 0) is 23.8 Å². The molecular weight excluding hydrogens is 333 g/mol. The van der Waals surface area contributed by atoms with Crippen LogP contribution in [0.15, 0.2) is 34.9 Å². The summed E-state index contributed by atoms with van der Waals surface area (Å²) < 4.78 is 4.85. The minimum absolute atomic E-state index is 0.112. The van der Waals surface area contributed by atoms with Gasteiger partial charge in [0.1, 0.15) is 6.26 Å². The zero-order valence-electron chi connectivity index (χ0n) is 11.0. The first kappa shape index (κ1) is 16.4. The Morgan fingerprint density at radius 3 is 2.36 bits per heavy atom. The molecule has 1 atom stereocenters. The number of carboxylic acids is 1. The van der Waals surface area contributed by atoms with Crippen molar-refractivity contribution in [2.24, 2.45) is 0 Å². The Balaban J connectivity index is 1.99. The Kier molecular flexibility index (Phi) is 5.07. The number of nitrogens with one attached hydrogen (secondary N) is 1. The third-order valence-corrected chi connectivity index (χ3v) is 3.23. The summed E-state index contributed by atoms with van der Waals surface area (Å²) in [5, 5.41) is 21.9. The van der Waals surface area contributed by atoms with Crippen molar-refractivity contribution in [1.29, 1.82) is 0 Å². The van der Waals surface area contributed by atoms with E-state index in [4.69, 9.17) is 32.7 Å². The van der Waals surface area contributed by atoms with Crippen molar-refractivity contribution in [2.75, 3.05) is 6.54 Å². The summed E-state index contributed by atoms with van der Waals surface area (Å²) in [7, 11) is 0. The lowest BCUT2D eigenvalue weighted by Crippen LogP contribution is -2.28. The fraction of sp³-hybridized carbons (Fsp3) is 0.143. The number of aliphatic hydroxyl groups excluding tert-OH is 1. The Labute approximate surface area is 135 Å². The third kappa shape index (κ3) is 4.00. The van der Waals surface area contributed by atoms with Crippen LogP contribution >= 0.6 is 23.2 Å². The molecule has 0 bridgehead atoms. The summed E-state index contributed by atoms with van der Waals surface area (Å²) in [6, 6.07) is 5.67. The minimum atomic E-state index is -1.20. The molecule has 6 nitrogen and oxygen atoms in total. The van der Waals surface area contributed by atoms with Crippen LogP contribution in [0.25, 0.3) is 0 Å². The molecule has 0 saturated heterocycles. The van der Waals surface area contributed by atoms with Gasteiger partial charge in [0, 0.05) is 22.7 Å². The zero-order chi connectivity index (χ0) is 16.3. The summed E-state index contributed by atoms with van der Waals surface area (Å²) in [6.07, 6.45) is -0.0567. The van der Waals surface area contributed by atoms with Gasteiger partial charge in [0.05, 0.1) is 11.7 Å². The first-order valence-corrected chi connectivity index (χ1v) is 6.86. The topological polar surface area (TPSA) is 99.8 Å². The number of aliphatic hydroxyl groups is 1. The molecular formula is C14H11Cl2NO5. The standard InChI is InChI=1S/C14H11Cl2NO5/c15-9-1-7(2-10(16)4-9)11(18)5-17-13(19)12-3-8(6-22-12)14(20)21/h1-4,6,11,18H,5H2,(H,17,19)(H,20,21). The Bertz CT molecular complexity index is 693. The average molecular weight is 344 g/mol. The van der Waals surface area contributed by atoms with Crippen molar-refractivity contribution in [3.63, 3.8) is 0 Å². The quantitative estimate of drug-likeness (QED) is 0.774. The SMILES string of the molecule is O=C(O)c1coc(C(=O)NCC(O)c2cc(Cl)cc(Cl)c2)c1. The lowest BCUT2D eigenvalue weighted by Gasteiger charge is -2.12. The number of rotatable bonds is 5. The maximum atomic E-state index is 11.8. The third-order valence-electron chi connectivity index (χ3n) is 2.80. The molecule has 2 aromatic rings. The van der Waals surface area contributed by atoms with Crippen LogP contribution in [0.5, 0.6) is 0 Å². The number of carboxylic acid groups (broad SMARTS) is 1. The number of hydrogen-bond acceptors (Lipinski definition) is 4. The van der Waals surface area contributed by atoms with E-state index in [9.17, 15) is 14.7 Å². The molecule has 0 aliphatic rings. The van der Waals surface area contributed by atoms with E-state index in [1.54, 1.807) is 0 Å². The van der Waals surface area contributed by atoms with Crippen LogP contribution in [0.3, 0.4) is 0 Å². The van der Waals surface area contributed by atoms with Gasteiger partial charge < -0.3 is 19.9 Å². The first-order valence-electron chi connectivity index (χ1n) is 6.11. The van der Waals surface area contributed by atoms with E-state index < -0.39 is 18.0 Å². The molecule has 22 heavy (non-hydrogen) atoms. The van der Waals surface area contributed by atoms with E-state index in [2.05, 4.69) is 5.32 Å². The molecule has 1 heterocycles. The molecule has 1 unspecified atom stereocenters. The minimum Gasteiger partial charge on any atom is -0.478 e. The van der Waals surface area contributed by atoms with E-state index in [1.165, 1.54) is 18.2 Å². The van der Waals surface area contributed by atoms with E-state index in [0.717, 1.165) is 12.3 Å². The Morgan fingerprint density at radius 2 is 1.82 bits per heavy atom. The van der Waals surface area contributed by atoms with Crippen molar-refractivity contribution in [2.45, 2.75) is 6.10 Å². The highest BCUT2D eigenvalue weighted by molar-refractivity contribution is 6.34. The second-order valence-corrected chi connectivity index (χ2v) is 5.31. The van der Waals surface area contributed by atoms with Crippen LogP contribution in [0, 0.1) is 0 Å². The average Bonchev–Trinajstić information content (AvgIpc) is 2.93. The van der Waals surface area contributed by atoms with Gasteiger partial charge in [-0.3, -0.25) is 4.79 Å². The summed E-state index contributed by atoms with van der Waals surface area (Å²) in [5.41, 5.74) is 0.316. The number of halogens is 2. The predicted octanol–water partition coefficient (Wildman–Crippen LogP) is 2.75. The molecule has 0 saturated carbocycles. The van der Waals surface area contributed by atoms with Gasteiger partial charge in [-0.25, -0.2) is 4.79 Å². The van der Waals surface area contributed by atoms with Crippen molar-refractivity contribution in [3.05, 3.63) is 57.5 Å². The first-order chi connectivity index (χ1) is 10.4. The molecule has 1 aromatic carbocycles. The monoisotopic (exact) mass is 343 g/mol. The molecule has 116 valence electrons. The van der Waals surface area contributed by atoms with Gasteiger partial charge in [-0.1, -0.05) is 23.2 Å². The summed E-state index contributed by atoms with van der Waals surface area (Å²) >= 11 is 11.7. The van der Waals surface area contributed by atoms with Crippen molar-refractivity contribution in [1.82, 2.24) is 5.32 Å². The van der Waals surface area contributed by atoms with Gasteiger partial charge >= 0.3 is 5.97 Å². The van der Waals surface area contributed by atoms with Crippen molar-refractivity contribution in [3.8, 4) is 0 Å². The maximum absolute atomic E-state index is 11.8. The zero-order valence-corrected chi connectivity index (χ0v) is 12.6. The fourth-order valence-corrected chi connectivity index (χ4v) is 2.27. The maximum Gasteiger partial charge on any atom is 0.338 e. The highest BCUT2D eigenvalue weighted by atomic mass is 35.5. The van der Waals surface area contributed by atoms with Crippen LogP contribution in [-0.2, 0) is 0 Å². The summed E-state index contributed by atoms with van der Waals surface area (Å²) in [5.74, 6) is -2.00. The molecule has 3 N–H and O–H groups in total. The highest BCUT2D eigenvalue weighted by Gasteiger charge is 2.16. The van der Waals surface area contributed by atoms with Crippen LogP contribution in [0.1, 0.15) is 32.6 Å². The number of aromatic carboxylic acids is 1. The summed E-state index contributed by atoms with van der Waals surface area (Å²) in [6.45, 7) is -0.112. The van der Waals surface area contributed by atoms with E-state index in [0.29, 0.717) is 15.6 Å². The van der Waals surface area contributed by atoms with Crippen LogP contribution in [0.2, 0.25) is 10.0 Å². The molecule has 0 fully saturated rings.